The first-order valence-corrected chi connectivity index (χ1v) is 7.67. The first-order valence-electron chi connectivity index (χ1n) is 7.67. The van der Waals surface area contributed by atoms with Gasteiger partial charge in [0, 0.05) is 11.1 Å². The first-order chi connectivity index (χ1) is 11.5. The summed E-state index contributed by atoms with van der Waals surface area (Å²) in [6.07, 6.45) is 0.888. The average molecular weight is 325 g/mol. The third kappa shape index (κ3) is 3.23. The lowest BCUT2D eigenvalue weighted by Crippen LogP contribution is -2.11. The van der Waals surface area contributed by atoms with Crippen molar-refractivity contribution in [3.63, 3.8) is 0 Å². The SMILES string of the molecule is N#CC1(c2cc(F)c(CC(=O)O)cc2OCc2ccccc2)CC1. The Kier molecular flexibility index (Phi) is 4.22. The number of aliphatic carboxylic acids is 1. The van der Waals surface area contributed by atoms with Gasteiger partial charge in [0.15, 0.2) is 0 Å². The van der Waals surface area contributed by atoms with Crippen LogP contribution in [0.15, 0.2) is 42.5 Å². The van der Waals surface area contributed by atoms with Gasteiger partial charge in [0.1, 0.15) is 18.2 Å². The van der Waals surface area contributed by atoms with Gasteiger partial charge in [-0.1, -0.05) is 30.3 Å². The highest BCUT2D eigenvalue weighted by Gasteiger charge is 2.47. The lowest BCUT2D eigenvalue weighted by Gasteiger charge is -2.16. The predicted octanol–water partition coefficient (Wildman–Crippen LogP) is 3.59. The molecule has 0 radical (unpaired) electrons. The standard InChI is InChI=1S/C19H16FNO3/c20-16-10-15(19(12-21)6-7-19)17(8-14(16)9-18(22)23)24-11-13-4-2-1-3-5-13/h1-5,8,10H,6-7,9,11H2,(H,22,23). The van der Waals surface area contributed by atoms with Crippen molar-refractivity contribution in [3.8, 4) is 11.8 Å². The van der Waals surface area contributed by atoms with E-state index >= 15 is 0 Å². The molecule has 0 heterocycles. The van der Waals surface area contributed by atoms with Crippen LogP contribution in [0.3, 0.4) is 0 Å². The summed E-state index contributed by atoms with van der Waals surface area (Å²) in [5.41, 5.74) is 0.791. The van der Waals surface area contributed by atoms with Crippen LogP contribution in [-0.4, -0.2) is 11.1 Å². The number of benzene rings is 2. The van der Waals surface area contributed by atoms with Crippen molar-refractivity contribution in [2.24, 2.45) is 0 Å². The van der Waals surface area contributed by atoms with Gasteiger partial charge in [-0.15, -0.1) is 0 Å². The number of hydrogen-bond donors (Lipinski definition) is 1. The Balaban J connectivity index is 1.94. The van der Waals surface area contributed by atoms with E-state index in [4.69, 9.17) is 9.84 Å². The molecule has 24 heavy (non-hydrogen) atoms. The summed E-state index contributed by atoms with van der Waals surface area (Å²) in [5.74, 6) is -1.34. The molecule has 3 rings (SSSR count). The van der Waals surface area contributed by atoms with Gasteiger partial charge in [0.05, 0.1) is 17.9 Å². The highest BCUT2D eigenvalue weighted by atomic mass is 19.1. The summed E-state index contributed by atoms with van der Waals surface area (Å²) in [4.78, 5) is 10.9. The molecule has 1 saturated carbocycles. The zero-order valence-corrected chi connectivity index (χ0v) is 13.0. The molecule has 0 spiro atoms. The van der Waals surface area contributed by atoms with Crippen molar-refractivity contribution in [1.82, 2.24) is 0 Å². The number of hydrogen-bond acceptors (Lipinski definition) is 3. The molecule has 1 aliphatic carbocycles. The molecule has 1 fully saturated rings. The highest BCUT2D eigenvalue weighted by Crippen LogP contribution is 2.51. The Morgan fingerprint density at radius 3 is 2.58 bits per heavy atom. The Morgan fingerprint density at radius 1 is 1.29 bits per heavy atom. The van der Waals surface area contributed by atoms with Crippen LogP contribution in [0.5, 0.6) is 5.75 Å². The second-order valence-electron chi connectivity index (χ2n) is 5.98. The summed E-state index contributed by atoms with van der Waals surface area (Å²) < 4.78 is 20.0. The maximum Gasteiger partial charge on any atom is 0.307 e. The topological polar surface area (TPSA) is 70.3 Å². The number of ether oxygens (including phenoxy) is 1. The van der Waals surface area contributed by atoms with E-state index in [1.807, 2.05) is 30.3 Å². The number of carboxylic acids is 1. The smallest absolute Gasteiger partial charge is 0.307 e. The Labute approximate surface area is 139 Å². The molecule has 122 valence electrons. The zero-order chi connectivity index (χ0) is 17.2. The molecular formula is C19H16FNO3. The predicted molar refractivity (Wildman–Crippen MR) is 85.0 cm³/mol. The quantitative estimate of drug-likeness (QED) is 0.881. The summed E-state index contributed by atoms with van der Waals surface area (Å²) in [7, 11) is 0. The van der Waals surface area contributed by atoms with Gasteiger partial charge in [-0.25, -0.2) is 4.39 Å². The Hall–Kier alpha value is -2.87. The van der Waals surface area contributed by atoms with Crippen LogP contribution in [-0.2, 0) is 23.2 Å². The van der Waals surface area contributed by atoms with Gasteiger partial charge in [0.25, 0.3) is 0 Å². The van der Waals surface area contributed by atoms with E-state index in [1.54, 1.807) is 0 Å². The molecule has 1 N–H and O–H groups in total. The maximum absolute atomic E-state index is 14.2. The van der Waals surface area contributed by atoms with Crippen molar-refractivity contribution >= 4 is 5.97 Å². The largest absolute Gasteiger partial charge is 0.489 e. The second-order valence-corrected chi connectivity index (χ2v) is 5.98. The Morgan fingerprint density at radius 2 is 2.00 bits per heavy atom. The normalized spacial score (nSPS) is 14.7. The monoisotopic (exact) mass is 325 g/mol. The third-order valence-corrected chi connectivity index (χ3v) is 4.21. The second kappa shape index (κ2) is 6.32. The number of carboxylic acid groups (broad SMARTS) is 1. The van der Waals surface area contributed by atoms with Crippen LogP contribution in [0.25, 0.3) is 0 Å². The summed E-state index contributed by atoms with van der Waals surface area (Å²) in [5, 5.41) is 18.3. The summed E-state index contributed by atoms with van der Waals surface area (Å²) in [6, 6.07) is 14.4. The third-order valence-electron chi connectivity index (χ3n) is 4.21. The van der Waals surface area contributed by atoms with Crippen LogP contribution in [0.4, 0.5) is 4.39 Å². The number of nitriles is 1. The van der Waals surface area contributed by atoms with Crippen LogP contribution >= 0.6 is 0 Å². The van der Waals surface area contributed by atoms with E-state index in [1.165, 1.54) is 12.1 Å². The van der Waals surface area contributed by atoms with E-state index in [-0.39, 0.29) is 12.2 Å². The summed E-state index contributed by atoms with van der Waals surface area (Å²) >= 11 is 0. The lowest BCUT2D eigenvalue weighted by molar-refractivity contribution is -0.136. The van der Waals surface area contributed by atoms with Gasteiger partial charge in [0.2, 0.25) is 0 Å². The first kappa shape index (κ1) is 16.0. The fourth-order valence-corrected chi connectivity index (χ4v) is 2.69. The molecule has 0 amide bonds. The molecule has 4 nitrogen and oxygen atoms in total. The van der Waals surface area contributed by atoms with Crippen LogP contribution in [0, 0.1) is 17.1 Å². The molecule has 2 aromatic carbocycles. The Bertz CT molecular complexity index is 807. The molecule has 0 bridgehead atoms. The van der Waals surface area contributed by atoms with Crippen molar-refractivity contribution in [2.75, 3.05) is 0 Å². The minimum Gasteiger partial charge on any atom is -0.489 e. The molecule has 5 heteroatoms. The van der Waals surface area contributed by atoms with Gasteiger partial charge in [-0.3, -0.25) is 4.79 Å². The fourth-order valence-electron chi connectivity index (χ4n) is 2.69. The average Bonchev–Trinajstić information content (AvgIpc) is 3.37. The molecule has 0 unspecified atom stereocenters. The minimum atomic E-state index is -1.11. The molecule has 1 aliphatic rings. The van der Waals surface area contributed by atoms with E-state index < -0.39 is 23.6 Å². The molecule has 0 atom stereocenters. The fraction of sp³-hybridized carbons (Fsp3) is 0.263. The minimum absolute atomic E-state index is 0.0584. The number of rotatable bonds is 6. The van der Waals surface area contributed by atoms with Crippen LogP contribution in [0.1, 0.15) is 29.5 Å². The summed E-state index contributed by atoms with van der Waals surface area (Å²) in [6.45, 7) is 0.271. The molecule has 2 aromatic rings. The lowest BCUT2D eigenvalue weighted by atomic mass is 9.94. The molecule has 0 aromatic heterocycles. The maximum atomic E-state index is 14.2. The van der Waals surface area contributed by atoms with E-state index in [9.17, 15) is 14.4 Å². The van der Waals surface area contributed by atoms with E-state index in [2.05, 4.69) is 6.07 Å². The van der Waals surface area contributed by atoms with Gasteiger partial charge >= 0.3 is 5.97 Å². The van der Waals surface area contributed by atoms with Crippen molar-refractivity contribution in [1.29, 1.82) is 5.26 Å². The van der Waals surface area contributed by atoms with Gasteiger partial charge in [-0.05, 0) is 30.5 Å². The highest BCUT2D eigenvalue weighted by molar-refractivity contribution is 5.70. The number of nitrogens with zero attached hydrogens (tertiary/aromatic N) is 1. The van der Waals surface area contributed by atoms with Crippen LogP contribution < -0.4 is 4.74 Å². The van der Waals surface area contributed by atoms with Crippen molar-refractivity contribution in [3.05, 3.63) is 65.0 Å². The van der Waals surface area contributed by atoms with Crippen molar-refractivity contribution < 1.29 is 19.0 Å². The van der Waals surface area contributed by atoms with Crippen molar-refractivity contribution in [2.45, 2.75) is 31.3 Å². The molecule has 0 aliphatic heterocycles. The molecular weight excluding hydrogens is 309 g/mol. The van der Waals surface area contributed by atoms with Gasteiger partial charge < -0.3 is 9.84 Å². The number of halogens is 1. The number of carbonyl (C=O) groups is 1. The van der Waals surface area contributed by atoms with Crippen LogP contribution in [0.2, 0.25) is 0 Å². The van der Waals surface area contributed by atoms with E-state index in [0.29, 0.717) is 24.2 Å². The van der Waals surface area contributed by atoms with E-state index in [0.717, 1.165) is 5.56 Å². The zero-order valence-electron chi connectivity index (χ0n) is 13.0. The molecule has 0 saturated heterocycles. The van der Waals surface area contributed by atoms with Gasteiger partial charge in [-0.2, -0.15) is 5.26 Å².